The van der Waals surface area contributed by atoms with Gasteiger partial charge in [-0.25, -0.2) is 4.79 Å². The van der Waals surface area contributed by atoms with Crippen molar-refractivity contribution in [2.75, 3.05) is 44.2 Å². The average molecular weight is 533 g/mol. The number of amides is 2. The van der Waals surface area contributed by atoms with Crippen LogP contribution in [0.5, 0.6) is 0 Å². The van der Waals surface area contributed by atoms with Crippen LogP contribution in [0.1, 0.15) is 30.0 Å². The topological polar surface area (TPSA) is 131 Å². The van der Waals surface area contributed by atoms with Gasteiger partial charge in [-0.2, -0.15) is 5.26 Å². The van der Waals surface area contributed by atoms with Gasteiger partial charge in [-0.1, -0.05) is 30.3 Å². The molecule has 0 bridgehead atoms. The number of piperidine rings is 1. The molecule has 0 aliphatic carbocycles. The Morgan fingerprint density at radius 2 is 1.72 bits per heavy atom. The summed E-state index contributed by atoms with van der Waals surface area (Å²) in [7, 11) is 0. The number of hydrogen-bond acceptors (Lipinski definition) is 7. The highest BCUT2D eigenvalue weighted by Crippen LogP contribution is 2.39. The Morgan fingerprint density at radius 3 is 2.31 bits per heavy atom. The second-order valence-electron chi connectivity index (χ2n) is 10.1. The van der Waals surface area contributed by atoms with E-state index >= 15 is 0 Å². The number of likely N-dealkylation sites (tertiary alicyclic amines) is 1. The maximum Gasteiger partial charge on any atom is 0.410 e. The third-order valence-electron chi connectivity index (χ3n) is 7.75. The zero-order valence-electron chi connectivity index (χ0n) is 22.1. The second-order valence-corrected chi connectivity index (χ2v) is 10.1. The monoisotopic (exact) mass is 532 g/mol. The van der Waals surface area contributed by atoms with E-state index in [4.69, 9.17) is 10.00 Å². The van der Waals surface area contributed by atoms with Crippen LogP contribution in [0.15, 0.2) is 48.5 Å². The molecule has 4 rings (SSSR count). The minimum Gasteiger partial charge on any atom is -0.480 e. The molecule has 0 spiro atoms. The largest absolute Gasteiger partial charge is 0.480 e. The van der Waals surface area contributed by atoms with E-state index in [0.29, 0.717) is 31.7 Å². The van der Waals surface area contributed by atoms with Crippen LogP contribution in [0, 0.1) is 29.6 Å². The zero-order chi connectivity index (χ0) is 28.2. The molecule has 2 atom stereocenters. The predicted octanol–water partition coefficient (Wildman–Crippen LogP) is 2.83. The Bertz CT molecular complexity index is 1280. The number of benzene rings is 2. The van der Waals surface area contributed by atoms with E-state index in [1.54, 1.807) is 23.1 Å². The number of carboxylic acids is 1. The number of ketones is 1. The maximum absolute atomic E-state index is 13.7. The Hall–Kier alpha value is -4.39. The molecule has 2 aliphatic rings. The van der Waals surface area contributed by atoms with E-state index in [0.717, 1.165) is 16.8 Å². The van der Waals surface area contributed by atoms with Gasteiger partial charge in [-0.15, -0.1) is 0 Å². The smallest absolute Gasteiger partial charge is 0.410 e. The fourth-order valence-corrected chi connectivity index (χ4v) is 5.51. The number of piperazine rings is 1. The van der Waals surface area contributed by atoms with Gasteiger partial charge in [0.15, 0.2) is 5.41 Å². The van der Waals surface area contributed by atoms with Crippen molar-refractivity contribution in [1.29, 1.82) is 5.26 Å². The van der Waals surface area contributed by atoms with Crippen LogP contribution in [0.2, 0.25) is 0 Å². The number of carbonyl (C=O) groups excluding carboxylic acids is 3. The summed E-state index contributed by atoms with van der Waals surface area (Å²) in [5, 5.41) is 19.4. The van der Waals surface area contributed by atoms with E-state index in [1.165, 1.54) is 11.8 Å². The standard InChI is InChI=1S/C29H32N4O6/c1-20-16-23(17-30)8-9-25(20)31-12-14-32(15-13-31)26(35)24-10-11-33(19-29(24,21(2)34)27(36)37)28(38)39-18-22-6-4-3-5-7-22/h3-9,16,24H,10-15,18-19H2,1-2H3,(H,36,37)/t24-,29-/m1/s1. The number of nitrogens with zero attached hydrogens (tertiary/aromatic N) is 4. The van der Waals surface area contributed by atoms with Gasteiger partial charge in [0, 0.05) is 45.0 Å². The summed E-state index contributed by atoms with van der Waals surface area (Å²) in [6.45, 7) is 4.59. The molecule has 204 valence electrons. The molecule has 2 heterocycles. The third kappa shape index (κ3) is 5.58. The van der Waals surface area contributed by atoms with Gasteiger partial charge in [-0.05, 0) is 49.6 Å². The summed E-state index contributed by atoms with van der Waals surface area (Å²) < 4.78 is 5.37. The molecular weight excluding hydrogens is 500 g/mol. The number of carboxylic acid groups (broad SMARTS) is 1. The van der Waals surface area contributed by atoms with Gasteiger partial charge in [0.2, 0.25) is 5.91 Å². The fraction of sp³-hybridized carbons (Fsp3) is 0.414. The predicted molar refractivity (Wildman–Crippen MR) is 142 cm³/mol. The van der Waals surface area contributed by atoms with Crippen molar-refractivity contribution < 1.29 is 29.0 Å². The van der Waals surface area contributed by atoms with Crippen LogP contribution < -0.4 is 4.90 Å². The highest BCUT2D eigenvalue weighted by atomic mass is 16.6. The molecular formula is C29H32N4O6. The molecule has 0 unspecified atom stereocenters. The molecule has 1 N–H and O–H groups in total. The molecule has 0 saturated carbocycles. The Balaban J connectivity index is 1.45. The number of aryl methyl sites for hydroxylation is 1. The second kappa shape index (κ2) is 11.6. The number of carbonyl (C=O) groups is 4. The van der Waals surface area contributed by atoms with E-state index in [9.17, 15) is 24.3 Å². The molecule has 2 amide bonds. The molecule has 2 fully saturated rings. The number of aliphatic carboxylic acids is 1. The van der Waals surface area contributed by atoms with E-state index in [1.807, 2.05) is 37.3 Å². The van der Waals surface area contributed by atoms with Crippen LogP contribution in [0.25, 0.3) is 0 Å². The first-order valence-corrected chi connectivity index (χ1v) is 12.9. The lowest BCUT2D eigenvalue weighted by Crippen LogP contribution is -2.63. The number of ether oxygens (including phenoxy) is 1. The minimum absolute atomic E-state index is 0.0155. The summed E-state index contributed by atoms with van der Waals surface area (Å²) in [6.07, 6.45) is -0.678. The van der Waals surface area contributed by atoms with E-state index in [-0.39, 0.29) is 25.5 Å². The van der Waals surface area contributed by atoms with Crippen molar-refractivity contribution >= 4 is 29.4 Å². The Kier molecular flexibility index (Phi) is 8.19. The number of hydrogen-bond donors (Lipinski definition) is 1. The van der Waals surface area contributed by atoms with Gasteiger partial charge in [0.05, 0.1) is 17.6 Å². The van der Waals surface area contributed by atoms with Crippen LogP contribution in [-0.4, -0.2) is 77.9 Å². The minimum atomic E-state index is -2.05. The molecule has 39 heavy (non-hydrogen) atoms. The first-order valence-electron chi connectivity index (χ1n) is 12.9. The summed E-state index contributed by atoms with van der Waals surface area (Å²) >= 11 is 0. The lowest BCUT2D eigenvalue weighted by atomic mass is 9.67. The normalized spacial score (nSPS) is 21.2. The zero-order valence-corrected chi connectivity index (χ0v) is 22.1. The molecule has 2 aromatic carbocycles. The van der Waals surface area contributed by atoms with E-state index in [2.05, 4.69) is 11.0 Å². The van der Waals surface area contributed by atoms with Gasteiger partial charge in [-0.3, -0.25) is 14.4 Å². The molecule has 10 nitrogen and oxygen atoms in total. The van der Waals surface area contributed by atoms with Crippen LogP contribution in [-0.2, 0) is 25.7 Å². The Labute approximate surface area is 227 Å². The van der Waals surface area contributed by atoms with Gasteiger partial charge in [0.1, 0.15) is 12.4 Å². The quantitative estimate of drug-likeness (QED) is 0.562. The summed E-state index contributed by atoms with van der Waals surface area (Å²) in [5.74, 6) is -3.56. The van der Waals surface area contributed by atoms with Crippen LogP contribution in [0.3, 0.4) is 0 Å². The average Bonchev–Trinajstić information content (AvgIpc) is 2.95. The summed E-state index contributed by atoms with van der Waals surface area (Å²) in [4.78, 5) is 56.9. The maximum atomic E-state index is 13.7. The van der Waals surface area contributed by atoms with Gasteiger partial charge in [0.25, 0.3) is 0 Å². The van der Waals surface area contributed by atoms with Crippen molar-refractivity contribution in [1.82, 2.24) is 9.80 Å². The number of anilines is 1. The number of rotatable bonds is 6. The molecule has 10 heteroatoms. The highest BCUT2D eigenvalue weighted by molar-refractivity contribution is 6.07. The highest BCUT2D eigenvalue weighted by Gasteiger charge is 2.58. The number of nitriles is 1. The Morgan fingerprint density at radius 1 is 1.03 bits per heavy atom. The SMILES string of the molecule is CC(=O)[C@]1(C(=O)O)CN(C(=O)OCc2ccccc2)CC[C@@H]1C(=O)N1CCN(c2ccc(C#N)cc2C)CC1. The first-order chi connectivity index (χ1) is 18.7. The van der Waals surface area contributed by atoms with E-state index < -0.39 is 35.7 Å². The first kappa shape index (κ1) is 27.6. The lowest BCUT2D eigenvalue weighted by Gasteiger charge is -2.45. The van der Waals surface area contributed by atoms with Crippen molar-refractivity contribution in [2.24, 2.45) is 11.3 Å². The lowest BCUT2D eigenvalue weighted by molar-refractivity contribution is -0.169. The van der Waals surface area contributed by atoms with Crippen molar-refractivity contribution in [3.63, 3.8) is 0 Å². The summed E-state index contributed by atoms with van der Waals surface area (Å²) in [5.41, 5.74) is 1.24. The van der Waals surface area contributed by atoms with Gasteiger partial charge >= 0.3 is 12.1 Å². The number of Topliss-reactive ketones (excluding diaryl/α,β-unsaturated/α-hetero) is 1. The third-order valence-corrected chi connectivity index (χ3v) is 7.75. The molecule has 0 radical (unpaired) electrons. The van der Waals surface area contributed by atoms with Crippen LogP contribution >= 0.6 is 0 Å². The fourth-order valence-electron chi connectivity index (χ4n) is 5.51. The molecule has 2 aliphatic heterocycles. The van der Waals surface area contributed by atoms with Crippen molar-refractivity contribution in [2.45, 2.75) is 26.9 Å². The van der Waals surface area contributed by atoms with Crippen molar-refractivity contribution in [3.05, 3.63) is 65.2 Å². The summed E-state index contributed by atoms with van der Waals surface area (Å²) in [6, 6.07) is 16.7. The molecule has 2 aromatic rings. The molecule has 0 aromatic heterocycles. The van der Waals surface area contributed by atoms with Crippen molar-refractivity contribution in [3.8, 4) is 6.07 Å². The molecule has 2 saturated heterocycles. The van der Waals surface area contributed by atoms with Gasteiger partial charge < -0.3 is 24.5 Å². The van der Waals surface area contributed by atoms with Crippen LogP contribution in [0.4, 0.5) is 10.5 Å².